The van der Waals surface area contributed by atoms with Crippen molar-refractivity contribution >= 4 is 11.8 Å². The highest BCUT2D eigenvalue weighted by molar-refractivity contribution is 5.77. The molecule has 1 unspecified atom stereocenters. The number of hydrogen-bond acceptors (Lipinski definition) is 6. The molecule has 0 saturated heterocycles. The standard InChI is InChI=1S/C17H33FN2O6/c1-4-23-13-16(21)19-5-6-24-7-8-25-9-10-26-12-15(18)11-20-17(22)14(2)3/h14-15H,4-13H2,1-3H3,(H,19,21)(H,20,22). The highest BCUT2D eigenvalue weighted by Crippen LogP contribution is 1.94. The van der Waals surface area contributed by atoms with Crippen LogP contribution in [0.3, 0.4) is 0 Å². The Morgan fingerprint density at radius 3 is 2.15 bits per heavy atom. The van der Waals surface area contributed by atoms with E-state index in [9.17, 15) is 14.0 Å². The molecule has 0 spiro atoms. The molecule has 0 aromatic rings. The number of ether oxygens (including phenoxy) is 4. The van der Waals surface area contributed by atoms with Crippen molar-refractivity contribution in [1.82, 2.24) is 10.6 Å². The van der Waals surface area contributed by atoms with Crippen molar-refractivity contribution in [3.8, 4) is 0 Å². The van der Waals surface area contributed by atoms with E-state index in [1.165, 1.54) is 0 Å². The fraction of sp³-hybridized carbons (Fsp3) is 0.882. The first kappa shape index (κ1) is 24.7. The lowest BCUT2D eigenvalue weighted by Crippen LogP contribution is -2.35. The van der Waals surface area contributed by atoms with Crippen LogP contribution in [-0.4, -0.2) is 83.9 Å². The van der Waals surface area contributed by atoms with Gasteiger partial charge >= 0.3 is 0 Å². The zero-order valence-corrected chi connectivity index (χ0v) is 16.1. The molecule has 0 bridgehead atoms. The first-order valence-corrected chi connectivity index (χ1v) is 8.96. The second kappa shape index (κ2) is 17.1. The maximum Gasteiger partial charge on any atom is 0.246 e. The first-order chi connectivity index (χ1) is 12.5. The highest BCUT2D eigenvalue weighted by Gasteiger charge is 2.11. The van der Waals surface area contributed by atoms with Gasteiger partial charge in [0.25, 0.3) is 0 Å². The van der Waals surface area contributed by atoms with Crippen LogP contribution >= 0.6 is 0 Å². The number of carbonyl (C=O) groups is 2. The van der Waals surface area contributed by atoms with E-state index in [-0.39, 0.29) is 44.1 Å². The Morgan fingerprint density at radius 2 is 1.54 bits per heavy atom. The topological polar surface area (TPSA) is 95.1 Å². The molecule has 9 heteroatoms. The van der Waals surface area contributed by atoms with Gasteiger partial charge in [0.15, 0.2) is 0 Å². The lowest BCUT2D eigenvalue weighted by atomic mass is 10.2. The van der Waals surface area contributed by atoms with Crippen molar-refractivity contribution in [3.63, 3.8) is 0 Å². The molecule has 0 radical (unpaired) electrons. The molecule has 2 amide bonds. The maximum absolute atomic E-state index is 13.5. The second-order valence-electron chi connectivity index (χ2n) is 5.78. The van der Waals surface area contributed by atoms with E-state index in [0.717, 1.165) is 0 Å². The summed E-state index contributed by atoms with van der Waals surface area (Å²) in [6, 6.07) is 0. The number of nitrogens with one attached hydrogen (secondary N) is 2. The molecule has 0 aliphatic carbocycles. The molecule has 0 aliphatic heterocycles. The van der Waals surface area contributed by atoms with E-state index in [4.69, 9.17) is 18.9 Å². The Labute approximate surface area is 155 Å². The average molecular weight is 380 g/mol. The summed E-state index contributed by atoms with van der Waals surface area (Å²) in [5.74, 6) is -0.506. The van der Waals surface area contributed by atoms with Crippen LogP contribution in [0.2, 0.25) is 0 Å². The van der Waals surface area contributed by atoms with Crippen LogP contribution in [0.15, 0.2) is 0 Å². The zero-order valence-electron chi connectivity index (χ0n) is 16.1. The van der Waals surface area contributed by atoms with E-state index in [0.29, 0.717) is 39.6 Å². The van der Waals surface area contributed by atoms with Crippen LogP contribution in [0.5, 0.6) is 0 Å². The predicted molar refractivity (Wildman–Crippen MR) is 94.7 cm³/mol. The van der Waals surface area contributed by atoms with Gasteiger partial charge in [-0.05, 0) is 6.92 Å². The first-order valence-electron chi connectivity index (χ1n) is 8.96. The molecule has 0 aromatic carbocycles. The van der Waals surface area contributed by atoms with Crippen molar-refractivity contribution < 1.29 is 32.9 Å². The van der Waals surface area contributed by atoms with Gasteiger partial charge in [-0.1, -0.05) is 13.8 Å². The van der Waals surface area contributed by atoms with Gasteiger partial charge in [-0.3, -0.25) is 9.59 Å². The molecule has 2 N–H and O–H groups in total. The molecule has 0 aromatic heterocycles. The summed E-state index contributed by atoms with van der Waals surface area (Å²) in [7, 11) is 0. The minimum Gasteiger partial charge on any atom is -0.377 e. The van der Waals surface area contributed by atoms with E-state index in [1.807, 2.05) is 6.92 Å². The average Bonchev–Trinajstić information content (AvgIpc) is 2.62. The molecule has 0 aliphatic rings. The summed E-state index contributed by atoms with van der Waals surface area (Å²) in [5, 5.41) is 5.17. The number of carbonyl (C=O) groups excluding carboxylic acids is 2. The fourth-order valence-corrected chi connectivity index (χ4v) is 1.63. The van der Waals surface area contributed by atoms with Crippen LogP contribution < -0.4 is 10.6 Å². The quantitative estimate of drug-likeness (QED) is 0.353. The van der Waals surface area contributed by atoms with Crippen LogP contribution in [0.25, 0.3) is 0 Å². The Balaban J connectivity index is 3.28. The van der Waals surface area contributed by atoms with Gasteiger partial charge in [0.2, 0.25) is 11.8 Å². The van der Waals surface area contributed by atoms with Gasteiger partial charge in [0.05, 0.1) is 46.2 Å². The van der Waals surface area contributed by atoms with Crippen molar-refractivity contribution in [2.75, 3.05) is 65.9 Å². The zero-order chi connectivity index (χ0) is 19.6. The van der Waals surface area contributed by atoms with Gasteiger partial charge in [0.1, 0.15) is 12.8 Å². The molecule has 0 saturated carbocycles. The van der Waals surface area contributed by atoms with E-state index >= 15 is 0 Å². The number of hydrogen-bond donors (Lipinski definition) is 2. The van der Waals surface area contributed by atoms with Gasteiger partial charge in [0, 0.05) is 19.1 Å². The predicted octanol–water partition coefficient (Wildman–Crippen LogP) is 0.299. The second-order valence-corrected chi connectivity index (χ2v) is 5.78. The van der Waals surface area contributed by atoms with Crippen LogP contribution in [0.1, 0.15) is 20.8 Å². The normalized spacial score (nSPS) is 12.2. The number of rotatable bonds is 17. The monoisotopic (exact) mass is 380 g/mol. The highest BCUT2D eigenvalue weighted by atomic mass is 19.1. The maximum atomic E-state index is 13.5. The molecule has 154 valence electrons. The van der Waals surface area contributed by atoms with Crippen molar-refractivity contribution in [3.05, 3.63) is 0 Å². The van der Waals surface area contributed by atoms with Crippen LogP contribution in [0.4, 0.5) is 4.39 Å². The molecule has 8 nitrogen and oxygen atoms in total. The lowest BCUT2D eigenvalue weighted by Gasteiger charge is -2.12. The Morgan fingerprint density at radius 1 is 0.923 bits per heavy atom. The van der Waals surface area contributed by atoms with Gasteiger partial charge in [-0.25, -0.2) is 4.39 Å². The fourth-order valence-electron chi connectivity index (χ4n) is 1.63. The molecule has 0 heterocycles. The third kappa shape index (κ3) is 16.2. The van der Waals surface area contributed by atoms with E-state index in [1.54, 1.807) is 13.8 Å². The SMILES string of the molecule is CCOCC(=O)NCCOCCOCCOCC(F)CNC(=O)C(C)C. The van der Waals surface area contributed by atoms with Gasteiger partial charge in [-0.15, -0.1) is 0 Å². The number of alkyl halides is 1. The van der Waals surface area contributed by atoms with E-state index < -0.39 is 6.17 Å². The van der Waals surface area contributed by atoms with Crippen molar-refractivity contribution in [1.29, 1.82) is 0 Å². The summed E-state index contributed by atoms with van der Waals surface area (Å²) < 4.78 is 34.1. The number of halogens is 1. The summed E-state index contributed by atoms with van der Waals surface area (Å²) in [6.07, 6.45) is -1.24. The molecule has 0 fully saturated rings. The lowest BCUT2D eigenvalue weighted by molar-refractivity contribution is -0.126. The molecule has 0 rings (SSSR count). The Bertz CT molecular complexity index is 371. The molecular weight excluding hydrogens is 347 g/mol. The van der Waals surface area contributed by atoms with Crippen molar-refractivity contribution in [2.24, 2.45) is 5.92 Å². The minimum atomic E-state index is -1.24. The molecule has 26 heavy (non-hydrogen) atoms. The van der Waals surface area contributed by atoms with Crippen molar-refractivity contribution in [2.45, 2.75) is 26.9 Å². The van der Waals surface area contributed by atoms with Crippen LogP contribution in [0, 0.1) is 5.92 Å². The Hall–Kier alpha value is -1.29. The smallest absolute Gasteiger partial charge is 0.246 e. The summed E-state index contributed by atoms with van der Waals surface area (Å²) >= 11 is 0. The van der Waals surface area contributed by atoms with Gasteiger partial charge in [-0.2, -0.15) is 0 Å². The Kier molecular flexibility index (Phi) is 16.3. The largest absolute Gasteiger partial charge is 0.377 e. The number of amides is 2. The third-order valence-electron chi connectivity index (χ3n) is 3.07. The molecule has 1 atom stereocenters. The van der Waals surface area contributed by atoms with Gasteiger partial charge < -0.3 is 29.6 Å². The summed E-state index contributed by atoms with van der Waals surface area (Å²) in [5.41, 5.74) is 0. The molecular formula is C17H33FN2O6. The summed E-state index contributed by atoms with van der Waals surface area (Å²) in [6.45, 7) is 7.95. The summed E-state index contributed by atoms with van der Waals surface area (Å²) in [4.78, 5) is 22.5. The van der Waals surface area contributed by atoms with E-state index in [2.05, 4.69) is 10.6 Å². The van der Waals surface area contributed by atoms with Crippen LogP contribution in [-0.2, 0) is 28.5 Å². The third-order valence-corrected chi connectivity index (χ3v) is 3.07. The minimum absolute atomic E-state index is 0.0488.